The molecule has 4 rings (SSSR count). The van der Waals surface area contributed by atoms with E-state index in [0.29, 0.717) is 22.7 Å². The molecule has 184 valence electrons. The van der Waals surface area contributed by atoms with Crippen molar-refractivity contribution in [3.8, 4) is 5.75 Å². The van der Waals surface area contributed by atoms with E-state index in [1.165, 1.54) is 0 Å². The van der Waals surface area contributed by atoms with E-state index in [1.54, 1.807) is 18.2 Å². The van der Waals surface area contributed by atoms with Crippen LogP contribution in [0.25, 0.3) is 11.0 Å². The van der Waals surface area contributed by atoms with Gasteiger partial charge in [0, 0.05) is 21.2 Å². The first-order valence-electron chi connectivity index (χ1n) is 10.8. The van der Waals surface area contributed by atoms with Gasteiger partial charge in [0.25, 0.3) is 11.8 Å². The highest BCUT2D eigenvalue weighted by Crippen LogP contribution is 2.32. The van der Waals surface area contributed by atoms with Crippen LogP contribution >= 0.6 is 44.1 Å². The van der Waals surface area contributed by atoms with Crippen LogP contribution < -0.4 is 20.7 Å². The van der Waals surface area contributed by atoms with E-state index in [2.05, 4.69) is 47.8 Å². The highest BCUT2D eigenvalue weighted by molar-refractivity contribution is 9.11. The number of carbonyl (C=O) groups is 2. The molecule has 0 bridgehead atoms. The minimum atomic E-state index is -0.395. The maximum absolute atomic E-state index is 12.6. The summed E-state index contributed by atoms with van der Waals surface area (Å²) in [5, 5.41) is 9.42. The molecule has 0 aliphatic carbocycles. The number of halogens is 2. The Hall–Kier alpha value is -3.21. The molecule has 0 atom stereocenters. The Bertz CT molecular complexity index is 1430. The third-order valence-electron chi connectivity index (χ3n) is 5.18. The Morgan fingerprint density at radius 1 is 0.972 bits per heavy atom. The number of para-hydroxylation sites is 1. The fourth-order valence-corrected chi connectivity index (χ4v) is 5.28. The van der Waals surface area contributed by atoms with Crippen molar-refractivity contribution in [2.24, 2.45) is 0 Å². The van der Waals surface area contributed by atoms with E-state index in [9.17, 15) is 9.59 Å². The van der Waals surface area contributed by atoms with Crippen molar-refractivity contribution in [3.63, 3.8) is 0 Å². The minimum Gasteiger partial charge on any atom is -0.482 e. The third kappa shape index (κ3) is 6.31. The Morgan fingerprint density at radius 3 is 2.47 bits per heavy atom. The molecule has 3 N–H and O–H groups in total. The molecule has 36 heavy (non-hydrogen) atoms. The lowest BCUT2D eigenvalue weighted by Gasteiger charge is -2.14. The number of nitrogens with one attached hydrogen (secondary N) is 3. The summed E-state index contributed by atoms with van der Waals surface area (Å²) in [7, 11) is 0. The third-order valence-corrected chi connectivity index (χ3v) is 6.43. The zero-order valence-electron chi connectivity index (χ0n) is 19.3. The summed E-state index contributed by atoms with van der Waals surface area (Å²) in [6, 6.07) is 18.2. The van der Waals surface area contributed by atoms with E-state index in [4.69, 9.17) is 21.4 Å². The molecular formula is C26H21Br2N3O4S. The first kappa shape index (κ1) is 25.9. The van der Waals surface area contributed by atoms with E-state index < -0.39 is 5.91 Å². The first-order chi connectivity index (χ1) is 17.2. The SMILES string of the molecule is Cc1cc(NC(=S)NC(=O)COc2c(C)cc(Br)cc2Br)ccc1NC(=O)c1cc2ccccc2o1. The van der Waals surface area contributed by atoms with Gasteiger partial charge in [-0.05, 0) is 95.6 Å². The number of anilines is 2. The van der Waals surface area contributed by atoms with Crippen LogP contribution in [0.5, 0.6) is 5.75 Å². The summed E-state index contributed by atoms with van der Waals surface area (Å²) >= 11 is 12.1. The van der Waals surface area contributed by atoms with Gasteiger partial charge in [0.05, 0.1) is 4.47 Å². The first-order valence-corrected chi connectivity index (χ1v) is 12.8. The Balaban J connectivity index is 1.31. The van der Waals surface area contributed by atoms with Gasteiger partial charge in [-0.3, -0.25) is 14.9 Å². The van der Waals surface area contributed by atoms with E-state index >= 15 is 0 Å². The van der Waals surface area contributed by atoms with Crippen LogP contribution in [0.2, 0.25) is 0 Å². The monoisotopic (exact) mass is 629 g/mol. The molecule has 1 heterocycles. The van der Waals surface area contributed by atoms with Crippen molar-refractivity contribution in [2.45, 2.75) is 13.8 Å². The molecule has 4 aromatic rings. The van der Waals surface area contributed by atoms with E-state index in [0.717, 1.165) is 25.5 Å². The molecular weight excluding hydrogens is 610 g/mol. The second kappa shape index (κ2) is 11.2. The number of amides is 2. The second-order valence-corrected chi connectivity index (χ2v) is 10.1. The van der Waals surface area contributed by atoms with Crippen LogP contribution in [-0.2, 0) is 4.79 Å². The number of aryl methyl sites for hydroxylation is 2. The topological polar surface area (TPSA) is 92.6 Å². The predicted molar refractivity (Wildman–Crippen MR) is 152 cm³/mol. The molecule has 2 amide bonds. The fourth-order valence-electron chi connectivity index (χ4n) is 3.49. The second-order valence-electron chi connectivity index (χ2n) is 7.96. The molecule has 0 spiro atoms. The molecule has 0 unspecified atom stereocenters. The summed E-state index contributed by atoms with van der Waals surface area (Å²) < 4.78 is 12.9. The van der Waals surface area contributed by atoms with E-state index in [1.807, 2.05) is 56.3 Å². The number of rotatable bonds is 6. The maximum Gasteiger partial charge on any atom is 0.291 e. The zero-order valence-corrected chi connectivity index (χ0v) is 23.3. The average molecular weight is 631 g/mol. The molecule has 1 aromatic heterocycles. The Labute approximate surface area is 229 Å². The Kier molecular flexibility index (Phi) is 8.07. The zero-order chi connectivity index (χ0) is 25.8. The smallest absolute Gasteiger partial charge is 0.291 e. The highest BCUT2D eigenvalue weighted by atomic mass is 79.9. The van der Waals surface area contributed by atoms with Crippen LogP contribution in [0.1, 0.15) is 21.7 Å². The highest BCUT2D eigenvalue weighted by Gasteiger charge is 2.14. The molecule has 0 saturated carbocycles. The van der Waals surface area contributed by atoms with Crippen molar-refractivity contribution in [1.82, 2.24) is 5.32 Å². The molecule has 0 saturated heterocycles. The van der Waals surface area contributed by atoms with Crippen LogP contribution in [-0.4, -0.2) is 23.5 Å². The van der Waals surface area contributed by atoms with Gasteiger partial charge in [-0.15, -0.1) is 0 Å². The van der Waals surface area contributed by atoms with Gasteiger partial charge in [-0.1, -0.05) is 34.1 Å². The molecule has 0 radical (unpaired) electrons. The van der Waals surface area contributed by atoms with Crippen molar-refractivity contribution >= 4 is 83.3 Å². The summed E-state index contributed by atoms with van der Waals surface area (Å²) in [5.41, 5.74) is 3.63. The van der Waals surface area contributed by atoms with Gasteiger partial charge in [-0.2, -0.15) is 0 Å². The van der Waals surface area contributed by atoms with Crippen molar-refractivity contribution in [3.05, 3.63) is 86.5 Å². The lowest BCUT2D eigenvalue weighted by molar-refractivity contribution is -0.121. The number of hydrogen-bond acceptors (Lipinski definition) is 5. The van der Waals surface area contributed by atoms with Crippen molar-refractivity contribution < 1.29 is 18.7 Å². The summed E-state index contributed by atoms with van der Waals surface area (Å²) in [4.78, 5) is 24.9. The Morgan fingerprint density at radius 2 is 1.75 bits per heavy atom. The standard InChI is InChI=1S/C26H21Br2N3O4S/c1-14-10-18(7-8-20(14)30-25(33)22-11-16-5-3-4-6-21(16)35-22)29-26(36)31-23(32)13-34-24-15(2)9-17(27)12-19(24)28/h3-12H,13H2,1-2H3,(H,30,33)(H2,29,31,32,36). The maximum atomic E-state index is 12.6. The summed E-state index contributed by atoms with van der Waals surface area (Å²) in [6.45, 7) is 3.54. The van der Waals surface area contributed by atoms with Gasteiger partial charge in [0.15, 0.2) is 17.5 Å². The number of furan rings is 1. The van der Waals surface area contributed by atoms with Gasteiger partial charge in [-0.25, -0.2) is 0 Å². The van der Waals surface area contributed by atoms with Gasteiger partial charge in [0.2, 0.25) is 0 Å². The summed E-state index contributed by atoms with van der Waals surface area (Å²) in [5.74, 6) is 0.0796. The lowest BCUT2D eigenvalue weighted by Crippen LogP contribution is -2.37. The van der Waals surface area contributed by atoms with Crippen LogP contribution in [0.3, 0.4) is 0 Å². The minimum absolute atomic E-state index is 0.133. The number of ether oxygens (including phenoxy) is 1. The van der Waals surface area contributed by atoms with Gasteiger partial charge in [0.1, 0.15) is 11.3 Å². The molecule has 0 fully saturated rings. The van der Waals surface area contributed by atoms with E-state index in [-0.39, 0.29) is 23.4 Å². The van der Waals surface area contributed by atoms with Crippen molar-refractivity contribution in [2.75, 3.05) is 17.2 Å². The number of hydrogen-bond donors (Lipinski definition) is 3. The summed E-state index contributed by atoms with van der Waals surface area (Å²) in [6.07, 6.45) is 0. The quantitative estimate of drug-likeness (QED) is 0.205. The normalized spacial score (nSPS) is 10.7. The number of thiocarbonyl (C=S) groups is 1. The molecule has 10 heteroatoms. The van der Waals surface area contributed by atoms with Crippen LogP contribution in [0.15, 0.2) is 74.0 Å². The lowest BCUT2D eigenvalue weighted by atomic mass is 10.1. The van der Waals surface area contributed by atoms with Gasteiger partial charge < -0.3 is 19.8 Å². The van der Waals surface area contributed by atoms with Crippen LogP contribution in [0, 0.1) is 13.8 Å². The number of fused-ring (bicyclic) bond motifs is 1. The predicted octanol–water partition coefficient (Wildman–Crippen LogP) is 6.72. The molecule has 0 aliphatic rings. The number of benzene rings is 3. The van der Waals surface area contributed by atoms with Crippen molar-refractivity contribution in [1.29, 1.82) is 0 Å². The van der Waals surface area contributed by atoms with Gasteiger partial charge >= 0.3 is 0 Å². The molecule has 7 nitrogen and oxygen atoms in total. The molecule has 0 aliphatic heterocycles. The largest absolute Gasteiger partial charge is 0.482 e. The van der Waals surface area contributed by atoms with Crippen LogP contribution in [0.4, 0.5) is 11.4 Å². The number of carbonyl (C=O) groups excluding carboxylic acids is 2. The molecule has 3 aromatic carbocycles. The average Bonchev–Trinajstić information content (AvgIpc) is 3.24. The fraction of sp³-hybridized carbons (Fsp3) is 0.115.